The molecule has 0 radical (unpaired) electrons. The zero-order chi connectivity index (χ0) is 9.14. The van der Waals surface area contributed by atoms with Gasteiger partial charge in [-0.15, -0.1) is 0 Å². The maximum atomic E-state index is 10.8. The lowest BCUT2D eigenvalue weighted by Gasteiger charge is -2.22. The van der Waals surface area contributed by atoms with Crippen LogP contribution in [0, 0.1) is 5.92 Å². The average molecular weight is 171 g/mol. The summed E-state index contributed by atoms with van der Waals surface area (Å²) in [5.41, 5.74) is 0. The molecule has 1 rings (SSSR count). The Kier molecular flexibility index (Phi) is 3.09. The summed E-state index contributed by atoms with van der Waals surface area (Å²) in [6, 6.07) is -0.215. The van der Waals surface area contributed by atoms with Gasteiger partial charge in [0.15, 0.2) is 0 Å². The second kappa shape index (κ2) is 3.90. The molecular weight excluding hydrogens is 154 g/mol. The van der Waals surface area contributed by atoms with Gasteiger partial charge in [0.2, 0.25) is 0 Å². The van der Waals surface area contributed by atoms with Crippen molar-refractivity contribution in [3.05, 3.63) is 0 Å². The Morgan fingerprint density at radius 1 is 1.67 bits per heavy atom. The third-order valence-electron chi connectivity index (χ3n) is 2.25. The molecule has 1 N–H and O–H groups in total. The number of hydrogen-bond donors (Lipinski definition) is 1. The first-order valence-electron chi connectivity index (χ1n) is 4.58. The summed E-state index contributed by atoms with van der Waals surface area (Å²) in [5.74, 6) is -0.0990. The number of nitrogens with zero attached hydrogens (tertiary/aromatic N) is 1. The van der Waals surface area contributed by atoms with Crippen LogP contribution in [-0.2, 0) is 4.79 Å². The molecule has 0 aromatic heterocycles. The summed E-state index contributed by atoms with van der Waals surface area (Å²) in [5, 5.41) is 8.85. The topological polar surface area (TPSA) is 40.5 Å². The summed E-state index contributed by atoms with van der Waals surface area (Å²) >= 11 is 0. The molecule has 3 nitrogen and oxygen atoms in total. The van der Waals surface area contributed by atoms with Gasteiger partial charge in [0, 0.05) is 6.54 Å². The second-order valence-electron chi connectivity index (χ2n) is 3.89. The molecule has 12 heavy (non-hydrogen) atoms. The Morgan fingerprint density at radius 3 is 2.83 bits per heavy atom. The molecule has 1 fully saturated rings. The summed E-state index contributed by atoms with van der Waals surface area (Å²) in [6.45, 7) is 6.11. The fraction of sp³-hybridized carbons (Fsp3) is 0.889. The third-order valence-corrected chi connectivity index (χ3v) is 2.25. The summed E-state index contributed by atoms with van der Waals surface area (Å²) in [4.78, 5) is 12.8. The summed E-state index contributed by atoms with van der Waals surface area (Å²) in [7, 11) is 0. The molecule has 0 saturated carbocycles. The molecule has 70 valence electrons. The lowest BCUT2D eigenvalue weighted by molar-refractivity contribution is -0.142. The first-order valence-corrected chi connectivity index (χ1v) is 4.58. The van der Waals surface area contributed by atoms with E-state index in [1.54, 1.807) is 0 Å². The fourth-order valence-corrected chi connectivity index (χ4v) is 1.79. The van der Waals surface area contributed by atoms with Gasteiger partial charge in [0.25, 0.3) is 0 Å². The van der Waals surface area contributed by atoms with Crippen LogP contribution < -0.4 is 0 Å². The van der Waals surface area contributed by atoms with E-state index in [0.717, 1.165) is 25.9 Å². The first-order chi connectivity index (χ1) is 5.61. The van der Waals surface area contributed by atoms with E-state index >= 15 is 0 Å². The van der Waals surface area contributed by atoms with Crippen LogP contribution in [0.2, 0.25) is 0 Å². The Balaban J connectivity index is 2.46. The number of carboxylic acid groups (broad SMARTS) is 1. The van der Waals surface area contributed by atoms with Gasteiger partial charge in [-0.3, -0.25) is 9.69 Å². The van der Waals surface area contributed by atoms with E-state index in [4.69, 9.17) is 5.11 Å². The van der Waals surface area contributed by atoms with Crippen molar-refractivity contribution in [3.8, 4) is 0 Å². The molecule has 0 spiro atoms. The Hall–Kier alpha value is -0.570. The van der Waals surface area contributed by atoms with Gasteiger partial charge in [-0.25, -0.2) is 0 Å². The monoisotopic (exact) mass is 171 g/mol. The predicted octanol–water partition coefficient (Wildman–Crippen LogP) is 1.19. The smallest absolute Gasteiger partial charge is 0.320 e. The van der Waals surface area contributed by atoms with Crippen LogP contribution in [-0.4, -0.2) is 35.1 Å². The number of carbonyl (C=O) groups is 1. The molecule has 0 aromatic carbocycles. The van der Waals surface area contributed by atoms with Gasteiger partial charge >= 0.3 is 5.97 Å². The molecule has 1 aliphatic rings. The zero-order valence-corrected chi connectivity index (χ0v) is 7.79. The normalized spacial score (nSPS) is 25.1. The van der Waals surface area contributed by atoms with Crippen molar-refractivity contribution in [2.45, 2.75) is 32.7 Å². The summed E-state index contributed by atoms with van der Waals surface area (Å²) < 4.78 is 0. The maximum Gasteiger partial charge on any atom is 0.320 e. The van der Waals surface area contributed by atoms with E-state index in [2.05, 4.69) is 18.7 Å². The van der Waals surface area contributed by atoms with Gasteiger partial charge in [0.05, 0.1) is 0 Å². The molecule has 1 atom stereocenters. The first kappa shape index (κ1) is 9.52. The number of hydrogen-bond acceptors (Lipinski definition) is 2. The lowest BCUT2D eigenvalue weighted by Crippen LogP contribution is -2.38. The highest BCUT2D eigenvalue weighted by Crippen LogP contribution is 2.18. The molecule has 1 heterocycles. The molecular formula is C9H17NO2. The van der Waals surface area contributed by atoms with Crippen molar-refractivity contribution in [1.29, 1.82) is 0 Å². The van der Waals surface area contributed by atoms with Crippen LogP contribution in [0.5, 0.6) is 0 Å². The van der Waals surface area contributed by atoms with Gasteiger partial charge in [-0.05, 0) is 25.3 Å². The van der Waals surface area contributed by atoms with Crippen molar-refractivity contribution in [1.82, 2.24) is 4.90 Å². The van der Waals surface area contributed by atoms with E-state index < -0.39 is 5.97 Å². The largest absolute Gasteiger partial charge is 0.480 e. The Bertz CT molecular complexity index is 168. The van der Waals surface area contributed by atoms with Crippen molar-refractivity contribution in [2.24, 2.45) is 5.92 Å². The highest BCUT2D eigenvalue weighted by atomic mass is 16.4. The van der Waals surface area contributed by atoms with Crippen LogP contribution in [0.1, 0.15) is 26.7 Å². The molecule has 1 aliphatic heterocycles. The molecule has 3 heteroatoms. The highest BCUT2D eigenvalue weighted by Gasteiger charge is 2.30. The zero-order valence-electron chi connectivity index (χ0n) is 7.79. The van der Waals surface area contributed by atoms with E-state index in [1.807, 2.05) is 0 Å². The number of likely N-dealkylation sites (tertiary alicyclic amines) is 1. The molecule has 0 amide bonds. The van der Waals surface area contributed by atoms with Gasteiger partial charge < -0.3 is 5.11 Å². The molecule has 1 unspecified atom stereocenters. The summed E-state index contributed by atoms with van der Waals surface area (Å²) in [6.07, 6.45) is 1.85. The molecule has 1 saturated heterocycles. The molecule has 0 aliphatic carbocycles. The minimum absolute atomic E-state index is 0.215. The predicted molar refractivity (Wildman–Crippen MR) is 47.1 cm³/mol. The minimum Gasteiger partial charge on any atom is -0.480 e. The highest BCUT2D eigenvalue weighted by molar-refractivity contribution is 5.73. The standard InChI is InChI=1S/C9H17NO2/c1-7(2)6-10-5-3-4-8(10)9(11)12/h7-8H,3-6H2,1-2H3,(H,11,12). The van der Waals surface area contributed by atoms with Crippen LogP contribution in [0.3, 0.4) is 0 Å². The third kappa shape index (κ3) is 2.21. The lowest BCUT2D eigenvalue weighted by atomic mass is 10.2. The average Bonchev–Trinajstić information content (AvgIpc) is 2.33. The van der Waals surface area contributed by atoms with Crippen LogP contribution >= 0.6 is 0 Å². The van der Waals surface area contributed by atoms with Gasteiger partial charge in [-0.1, -0.05) is 13.8 Å². The van der Waals surface area contributed by atoms with Gasteiger partial charge in [0.1, 0.15) is 6.04 Å². The molecule has 0 bridgehead atoms. The maximum absolute atomic E-state index is 10.8. The van der Waals surface area contributed by atoms with E-state index in [-0.39, 0.29) is 6.04 Å². The Morgan fingerprint density at radius 2 is 2.33 bits per heavy atom. The van der Waals surface area contributed by atoms with Crippen molar-refractivity contribution < 1.29 is 9.90 Å². The minimum atomic E-state index is -0.659. The number of carboxylic acids is 1. The van der Waals surface area contributed by atoms with Crippen LogP contribution in [0.4, 0.5) is 0 Å². The molecule has 0 aromatic rings. The van der Waals surface area contributed by atoms with Crippen molar-refractivity contribution >= 4 is 5.97 Å². The quantitative estimate of drug-likeness (QED) is 0.693. The Labute approximate surface area is 73.4 Å². The van der Waals surface area contributed by atoms with Crippen molar-refractivity contribution in [3.63, 3.8) is 0 Å². The fourth-order valence-electron chi connectivity index (χ4n) is 1.79. The SMILES string of the molecule is CC(C)CN1CCCC1C(=O)O. The second-order valence-corrected chi connectivity index (χ2v) is 3.89. The number of aliphatic carboxylic acids is 1. The van der Waals surface area contributed by atoms with Gasteiger partial charge in [-0.2, -0.15) is 0 Å². The van der Waals surface area contributed by atoms with E-state index in [9.17, 15) is 4.79 Å². The van der Waals surface area contributed by atoms with E-state index in [0.29, 0.717) is 5.92 Å². The number of rotatable bonds is 3. The van der Waals surface area contributed by atoms with Crippen LogP contribution in [0.15, 0.2) is 0 Å². The van der Waals surface area contributed by atoms with E-state index in [1.165, 1.54) is 0 Å². The van der Waals surface area contributed by atoms with Crippen LogP contribution in [0.25, 0.3) is 0 Å². The van der Waals surface area contributed by atoms with Crippen molar-refractivity contribution in [2.75, 3.05) is 13.1 Å².